The minimum atomic E-state index is -4.30. The van der Waals surface area contributed by atoms with Gasteiger partial charge in [-0.15, -0.1) is 0 Å². The zero-order valence-electron chi connectivity index (χ0n) is 18.5. The first-order valence-electron chi connectivity index (χ1n) is 10.8. The number of amides is 1. The molecule has 1 aliphatic heterocycles. The molecule has 1 fully saturated rings. The summed E-state index contributed by atoms with van der Waals surface area (Å²) in [6, 6.07) is 16.0. The molecule has 0 aliphatic carbocycles. The average molecular weight is 462 g/mol. The first kappa shape index (κ1) is 24.2. The van der Waals surface area contributed by atoms with E-state index in [1.165, 1.54) is 7.11 Å². The van der Waals surface area contributed by atoms with Crippen LogP contribution >= 0.6 is 0 Å². The Balaban J connectivity index is 2.12. The molecule has 0 saturated carbocycles. The quantitative estimate of drug-likeness (QED) is 0.495. The first-order chi connectivity index (χ1) is 15.4. The van der Waals surface area contributed by atoms with Crippen molar-refractivity contribution in [1.29, 1.82) is 0 Å². The maximum Gasteiger partial charge on any atom is 0.257 e. The van der Waals surface area contributed by atoms with Crippen molar-refractivity contribution in [3.8, 4) is 5.75 Å². The molecule has 1 atom stereocenters. The second-order valence-corrected chi connectivity index (χ2v) is 9.84. The van der Waals surface area contributed by atoms with Gasteiger partial charge in [-0.3, -0.25) is 10.0 Å². The first-order valence-corrected chi connectivity index (χ1v) is 12.3. The molecule has 0 spiro atoms. The molecule has 1 unspecified atom stereocenters. The Morgan fingerprint density at radius 1 is 1.16 bits per heavy atom. The smallest absolute Gasteiger partial charge is 0.257 e. The van der Waals surface area contributed by atoms with E-state index in [1.54, 1.807) is 31.2 Å². The highest BCUT2D eigenvalue weighted by Crippen LogP contribution is 2.40. The lowest BCUT2D eigenvalue weighted by Gasteiger charge is -2.44. The van der Waals surface area contributed by atoms with E-state index in [-0.39, 0.29) is 12.1 Å². The van der Waals surface area contributed by atoms with Gasteiger partial charge in [0.25, 0.3) is 15.9 Å². The van der Waals surface area contributed by atoms with Crippen LogP contribution in [-0.4, -0.2) is 56.1 Å². The molecule has 32 heavy (non-hydrogen) atoms. The Labute approximate surface area is 189 Å². The lowest BCUT2D eigenvalue weighted by Crippen LogP contribution is -2.61. The predicted octanol–water partition coefficient (Wildman–Crippen LogP) is 2.50. The normalized spacial score (nSPS) is 17.0. The van der Waals surface area contributed by atoms with Gasteiger partial charge in [-0.1, -0.05) is 53.9 Å². The molecule has 2 aromatic carbocycles. The summed E-state index contributed by atoms with van der Waals surface area (Å²) in [4.78, 5) is 13.3. The number of hydrogen-bond donors (Lipinski definition) is 3. The van der Waals surface area contributed by atoms with Crippen LogP contribution in [0.2, 0.25) is 0 Å². The summed E-state index contributed by atoms with van der Waals surface area (Å²) in [5.41, 5.74) is 0.116. The third-order valence-electron chi connectivity index (χ3n) is 5.97. The Morgan fingerprint density at radius 2 is 1.78 bits per heavy atom. The molecule has 1 saturated heterocycles. The summed E-state index contributed by atoms with van der Waals surface area (Å²) in [6.07, 6.45) is 1.39. The molecule has 3 N–H and O–H groups in total. The number of sulfonamides is 1. The third-order valence-corrected chi connectivity index (χ3v) is 7.90. The van der Waals surface area contributed by atoms with Crippen LogP contribution < -0.4 is 15.4 Å². The van der Waals surface area contributed by atoms with Crippen LogP contribution in [0.1, 0.15) is 42.1 Å². The van der Waals surface area contributed by atoms with Crippen molar-refractivity contribution in [3.05, 3.63) is 65.7 Å². The Kier molecular flexibility index (Phi) is 7.89. The number of benzene rings is 2. The molecule has 1 heterocycles. The van der Waals surface area contributed by atoms with E-state index >= 15 is 0 Å². The molecule has 0 aromatic heterocycles. The molecule has 174 valence electrons. The second kappa shape index (κ2) is 10.4. The highest BCUT2D eigenvalue weighted by Gasteiger charge is 2.50. The lowest BCUT2D eigenvalue weighted by atomic mass is 9.72. The maximum atomic E-state index is 13.6. The number of ether oxygens (including phenoxy) is 1. The van der Waals surface area contributed by atoms with Crippen molar-refractivity contribution >= 4 is 15.9 Å². The molecule has 1 amide bonds. The van der Waals surface area contributed by atoms with Gasteiger partial charge in [-0.2, -0.15) is 0 Å². The summed E-state index contributed by atoms with van der Waals surface area (Å²) < 4.78 is 32.9. The monoisotopic (exact) mass is 461 g/mol. The second-order valence-electron chi connectivity index (χ2n) is 7.92. The van der Waals surface area contributed by atoms with Crippen molar-refractivity contribution in [1.82, 2.24) is 15.1 Å². The van der Waals surface area contributed by atoms with E-state index < -0.39 is 26.7 Å². The van der Waals surface area contributed by atoms with E-state index in [1.807, 2.05) is 30.3 Å². The molecule has 0 bridgehead atoms. The van der Waals surface area contributed by atoms with Crippen LogP contribution in [-0.2, 0) is 15.4 Å². The Hall–Kier alpha value is -2.46. The number of hydroxylamine groups is 1. The molecular formula is C23H31N3O5S. The van der Waals surface area contributed by atoms with Crippen LogP contribution in [0.3, 0.4) is 0 Å². The minimum Gasteiger partial charge on any atom is -0.496 e. The fraction of sp³-hybridized carbons (Fsp3) is 0.435. The average Bonchev–Trinajstić information content (AvgIpc) is 2.83. The van der Waals surface area contributed by atoms with Gasteiger partial charge in [0, 0.05) is 12.0 Å². The van der Waals surface area contributed by atoms with Crippen molar-refractivity contribution in [3.63, 3.8) is 0 Å². The minimum absolute atomic E-state index is 0.0630. The SMILES string of the molecule is CCCN(O)S(=O)(=O)C(NC(=O)c1ccccc1OC)C1(c2ccccc2)CCNCC1. The van der Waals surface area contributed by atoms with Crippen LogP contribution in [0, 0.1) is 0 Å². The van der Waals surface area contributed by atoms with E-state index in [2.05, 4.69) is 10.6 Å². The highest BCUT2D eigenvalue weighted by atomic mass is 32.2. The molecule has 3 rings (SSSR count). The number of carbonyl (C=O) groups is 1. The highest BCUT2D eigenvalue weighted by molar-refractivity contribution is 7.89. The number of carbonyl (C=O) groups excluding carboxylic acids is 1. The number of methoxy groups -OCH3 is 1. The van der Waals surface area contributed by atoms with Crippen LogP contribution in [0.15, 0.2) is 54.6 Å². The Bertz CT molecular complexity index is 1010. The van der Waals surface area contributed by atoms with Crippen molar-refractivity contribution < 1.29 is 23.2 Å². The zero-order chi connectivity index (χ0) is 23.2. The van der Waals surface area contributed by atoms with Crippen LogP contribution in [0.25, 0.3) is 0 Å². The number of para-hydroxylation sites is 1. The molecule has 2 aromatic rings. The molecule has 0 radical (unpaired) electrons. The number of hydrogen-bond acceptors (Lipinski definition) is 6. The maximum absolute atomic E-state index is 13.6. The summed E-state index contributed by atoms with van der Waals surface area (Å²) in [7, 11) is -2.85. The summed E-state index contributed by atoms with van der Waals surface area (Å²) in [5.74, 6) is -0.232. The standard InChI is InChI=1S/C23H31N3O5S/c1-3-17-26(28)32(29,30)22(25-21(27)19-11-7-8-12-20(19)31-2)23(13-15-24-16-14-23)18-9-5-4-6-10-18/h4-12,22,24,28H,3,13-17H2,1-2H3,(H,25,27). The van der Waals surface area contributed by atoms with Gasteiger partial charge < -0.3 is 15.4 Å². The van der Waals surface area contributed by atoms with Gasteiger partial charge >= 0.3 is 0 Å². The van der Waals surface area contributed by atoms with Gasteiger partial charge in [0.05, 0.1) is 12.7 Å². The van der Waals surface area contributed by atoms with Crippen LogP contribution in [0.4, 0.5) is 0 Å². The van der Waals surface area contributed by atoms with Gasteiger partial charge in [0.1, 0.15) is 5.75 Å². The van der Waals surface area contributed by atoms with E-state index in [0.717, 1.165) is 5.56 Å². The number of nitrogens with zero attached hydrogens (tertiary/aromatic N) is 1. The van der Waals surface area contributed by atoms with Gasteiger partial charge in [-0.25, -0.2) is 8.42 Å². The van der Waals surface area contributed by atoms with E-state index in [0.29, 0.717) is 42.6 Å². The fourth-order valence-electron chi connectivity index (χ4n) is 4.31. The Morgan fingerprint density at radius 3 is 2.41 bits per heavy atom. The predicted molar refractivity (Wildman–Crippen MR) is 122 cm³/mol. The largest absolute Gasteiger partial charge is 0.496 e. The lowest BCUT2D eigenvalue weighted by molar-refractivity contribution is 0.0000643. The molecule has 1 aliphatic rings. The molecule has 8 nitrogen and oxygen atoms in total. The fourth-order valence-corrected chi connectivity index (χ4v) is 6.19. The van der Waals surface area contributed by atoms with Crippen LogP contribution in [0.5, 0.6) is 5.75 Å². The molecular weight excluding hydrogens is 430 g/mol. The van der Waals surface area contributed by atoms with E-state index in [9.17, 15) is 18.4 Å². The van der Waals surface area contributed by atoms with Crippen molar-refractivity contribution in [2.24, 2.45) is 0 Å². The van der Waals surface area contributed by atoms with Gasteiger partial charge in [0.2, 0.25) is 0 Å². The summed E-state index contributed by atoms with van der Waals surface area (Å²) in [6.45, 7) is 2.89. The molecule has 9 heteroatoms. The zero-order valence-corrected chi connectivity index (χ0v) is 19.3. The van der Waals surface area contributed by atoms with E-state index in [4.69, 9.17) is 4.74 Å². The third kappa shape index (κ3) is 4.80. The van der Waals surface area contributed by atoms with Crippen molar-refractivity contribution in [2.75, 3.05) is 26.7 Å². The number of nitrogens with one attached hydrogen (secondary N) is 2. The van der Waals surface area contributed by atoms with Crippen molar-refractivity contribution in [2.45, 2.75) is 37.0 Å². The summed E-state index contributed by atoms with van der Waals surface area (Å²) in [5, 5.41) is 15.1. The summed E-state index contributed by atoms with van der Waals surface area (Å²) >= 11 is 0. The number of piperidine rings is 1. The van der Waals surface area contributed by atoms with Gasteiger partial charge in [-0.05, 0) is 50.0 Å². The number of rotatable bonds is 9. The van der Waals surface area contributed by atoms with Gasteiger partial charge in [0.15, 0.2) is 5.37 Å². The topological polar surface area (TPSA) is 108 Å².